The van der Waals surface area contributed by atoms with E-state index in [0.717, 1.165) is 11.3 Å². The van der Waals surface area contributed by atoms with Gasteiger partial charge in [-0.15, -0.1) is 0 Å². The Morgan fingerprint density at radius 2 is 1.88 bits per heavy atom. The lowest BCUT2D eigenvalue weighted by Gasteiger charge is -2.13. The fourth-order valence-electron chi connectivity index (χ4n) is 2.29. The highest BCUT2D eigenvalue weighted by atomic mass is 16.5. The van der Waals surface area contributed by atoms with E-state index in [-0.39, 0.29) is 5.56 Å². The van der Waals surface area contributed by atoms with Crippen molar-refractivity contribution in [3.63, 3.8) is 0 Å². The average molecular weight is 323 g/mol. The van der Waals surface area contributed by atoms with Gasteiger partial charge >= 0.3 is 0 Å². The molecule has 6 heteroatoms. The molecule has 0 bridgehead atoms. The van der Waals surface area contributed by atoms with Crippen LogP contribution in [-0.4, -0.2) is 21.9 Å². The zero-order valence-corrected chi connectivity index (χ0v) is 13.5. The molecule has 0 N–H and O–H groups in total. The second-order valence-corrected chi connectivity index (χ2v) is 5.13. The van der Waals surface area contributed by atoms with Crippen LogP contribution in [0, 0.1) is 0 Å². The molecule has 24 heavy (non-hydrogen) atoms. The third-order valence-electron chi connectivity index (χ3n) is 3.52. The molecule has 122 valence electrons. The fraction of sp³-hybridized carbons (Fsp3) is 0.167. The van der Waals surface area contributed by atoms with Gasteiger partial charge in [-0.05, 0) is 24.3 Å². The summed E-state index contributed by atoms with van der Waals surface area (Å²) in [6.07, 6.45) is 1.72. The SMILES string of the molecule is COc1cc(=O)n(C)nc1-c1ccccc1OCc1ccccn1. The van der Waals surface area contributed by atoms with Crippen LogP contribution >= 0.6 is 0 Å². The van der Waals surface area contributed by atoms with Crippen molar-refractivity contribution in [3.05, 3.63) is 70.8 Å². The third-order valence-corrected chi connectivity index (χ3v) is 3.52. The molecule has 0 fully saturated rings. The highest BCUT2D eigenvalue weighted by molar-refractivity contribution is 5.71. The van der Waals surface area contributed by atoms with Crippen LogP contribution in [0.15, 0.2) is 59.5 Å². The van der Waals surface area contributed by atoms with Crippen LogP contribution < -0.4 is 15.0 Å². The lowest BCUT2D eigenvalue weighted by Crippen LogP contribution is -2.19. The molecule has 6 nitrogen and oxygen atoms in total. The number of aromatic nitrogens is 3. The van der Waals surface area contributed by atoms with Gasteiger partial charge in [0.25, 0.3) is 5.56 Å². The first-order chi connectivity index (χ1) is 11.7. The fourth-order valence-corrected chi connectivity index (χ4v) is 2.29. The molecule has 0 aliphatic rings. The number of aryl methyl sites for hydroxylation is 1. The van der Waals surface area contributed by atoms with E-state index >= 15 is 0 Å². The quantitative estimate of drug-likeness (QED) is 0.721. The first kappa shape index (κ1) is 15.7. The van der Waals surface area contributed by atoms with Gasteiger partial charge in [-0.3, -0.25) is 9.78 Å². The summed E-state index contributed by atoms with van der Waals surface area (Å²) < 4.78 is 12.5. The van der Waals surface area contributed by atoms with E-state index in [2.05, 4.69) is 10.1 Å². The summed E-state index contributed by atoms with van der Waals surface area (Å²) in [6, 6.07) is 14.6. The van der Waals surface area contributed by atoms with Crippen molar-refractivity contribution in [2.75, 3.05) is 7.11 Å². The summed E-state index contributed by atoms with van der Waals surface area (Å²) in [4.78, 5) is 16.0. The zero-order chi connectivity index (χ0) is 16.9. The monoisotopic (exact) mass is 323 g/mol. The molecule has 0 aliphatic heterocycles. The van der Waals surface area contributed by atoms with Crippen molar-refractivity contribution in [3.8, 4) is 22.8 Å². The molecule has 0 atom stereocenters. The number of benzene rings is 1. The van der Waals surface area contributed by atoms with Gasteiger partial charge in [-0.25, -0.2) is 4.68 Å². The second kappa shape index (κ2) is 6.95. The molecule has 0 amide bonds. The van der Waals surface area contributed by atoms with E-state index in [4.69, 9.17) is 9.47 Å². The lowest BCUT2D eigenvalue weighted by atomic mass is 10.1. The predicted molar refractivity (Wildman–Crippen MR) is 90.0 cm³/mol. The predicted octanol–water partition coefficient (Wildman–Crippen LogP) is 2.43. The largest absolute Gasteiger partial charge is 0.494 e. The highest BCUT2D eigenvalue weighted by Crippen LogP contribution is 2.33. The van der Waals surface area contributed by atoms with E-state index in [1.807, 2.05) is 42.5 Å². The van der Waals surface area contributed by atoms with E-state index in [0.29, 0.717) is 23.8 Å². The Morgan fingerprint density at radius 3 is 2.62 bits per heavy atom. The number of methoxy groups -OCH3 is 1. The Bertz CT molecular complexity index is 892. The zero-order valence-electron chi connectivity index (χ0n) is 13.5. The summed E-state index contributed by atoms with van der Waals surface area (Å²) in [7, 11) is 3.11. The Morgan fingerprint density at radius 1 is 1.08 bits per heavy atom. The van der Waals surface area contributed by atoms with Gasteiger partial charge < -0.3 is 9.47 Å². The Balaban J connectivity index is 1.98. The minimum atomic E-state index is -0.234. The maximum absolute atomic E-state index is 11.8. The van der Waals surface area contributed by atoms with Gasteiger partial charge in [0.05, 0.1) is 12.8 Å². The standard InChI is InChI=1S/C18H17N3O3/c1-21-17(22)11-16(23-2)18(20-21)14-8-3-4-9-15(14)24-12-13-7-5-6-10-19-13/h3-11H,12H2,1-2H3. The first-order valence-corrected chi connectivity index (χ1v) is 7.43. The van der Waals surface area contributed by atoms with Crippen molar-refractivity contribution in [1.82, 2.24) is 14.8 Å². The van der Waals surface area contributed by atoms with Crippen LogP contribution in [0.5, 0.6) is 11.5 Å². The topological polar surface area (TPSA) is 66.2 Å². The van der Waals surface area contributed by atoms with Crippen molar-refractivity contribution in [2.24, 2.45) is 7.05 Å². The van der Waals surface area contributed by atoms with Crippen LogP contribution in [0.4, 0.5) is 0 Å². The maximum Gasteiger partial charge on any atom is 0.270 e. The Hall–Kier alpha value is -3.15. The van der Waals surface area contributed by atoms with Crippen molar-refractivity contribution in [1.29, 1.82) is 0 Å². The molecule has 0 spiro atoms. The normalized spacial score (nSPS) is 10.4. The molecule has 0 aliphatic carbocycles. The van der Waals surface area contributed by atoms with Gasteiger partial charge in [0.2, 0.25) is 0 Å². The van der Waals surface area contributed by atoms with E-state index in [1.165, 1.54) is 17.9 Å². The number of hydrogen-bond acceptors (Lipinski definition) is 5. The van der Waals surface area contributed by atoms with Crippen LogP contribution in [0.25, 0.3) is 11.3 Å². The van der Waals surface area contributed by atoms with Crippen molar-refractivity contribution < 1.29 is 9.47 Å². The smallest absolute Gasteiger partial charge is 0.270 e. The summed E-state index contributed by atoms with van der Waals surface area (Å²) in [6.45, 7) is 0.339. The molecule has 2 aromatic heterocycles. The number of nitrogens with zero attached hydrogens (tertiary/aromatic N) is 3. The van der Waals surface area contributed by atoms with Gasteiger partial charge in [-0.1, -0.05) is 18.2 Å². The molecule has 0 saturated heterocycles. The Labute approximate surface area is 139 Å². The molecule has 1 aromatic carbocycles. The van der Waals surface area contributed by atoms with E-state index < -0.39 is 0 Å². The number of ether oxygens (including phenoxy) is 2. The van der Waals surface area contributed by atoms with Crippen LogP contribution in [0.3, 0.4) is 0 Å². The van der Waals surface area contributed by atoms with E-state index in [1.54, 1.807) is 13.2 Å². The summed E-state index contributed by atoms with van der Waals surface area (Å²) >= 11 is 0. The molecule has 0 unspecified atom stereocenters. The van der Waals surface area contributed by atoms with Crippen molar-refractivity contribution >= 4 is 0 Å². The molecule has 0 radical (unpaired) electrons. The van der Waals surface area contributed by atoms with E-state index in [9.17, 15) is 4.79 Å². The maximum atomic E-state index is 11.8. The molecule has 2 heterocycles. The minimum Gasteiger partial charge on any atom is -0.494 e. The lowest BCUT2D eigenvalue weighted by molar-refractivity contribution is 0.302. The highest BCUT2D eigenvalue weighted by Gasteiger charge is 2.15. The summed E-state index contributed by atoms with van der Waals surface area (Å²) in [5.74, 6) is 1.06. The van der Waals surface area contributed by atoms with Crippen LogP contribution in [-0.2, 0) is 13.7 Å². The van der Waals surface area contributed by atoms with Crippen LogP contribution in [0.2, 0.25) is 0 Å². The first-order valence-electron chi connectivity index (χ1n) is 7.43. The second-order valence-electron chi connectivity index (χ2n) is 5.13. The van der Waals surface area contributed by atoms with Gasteiger partial charge in [0.1, 0.15) is 18.1 Å². The minimum absolute atomic E-state index is 0.234. The number of rotatable bonds is 5. The third kappa shape index (κ3) is 3.27. The summed E-state index contributed by atoms with van der Waals surface area (Å²) in [5.41, 5.74) is 1.90. The van der Waals surface area contributed by atoms with Gasteiger partial charge in [0.15, 0.2) is 5.75 Å². The molecule has 3 rings (SSSR count). The number of hydrogen-bond donors (Lipinski definition) is 0. The molecule has 0 saturated carbocycles. The number of para-hydroxylation sites is 1. The van der Waals surface area contributed by atoms with Gasteiger partial charge in [-0.2, -0.15) is 5.10 Å². The Kier molecular flexibility index (Phi) is 4.56. The van der Waals surface area contributed by atoms with Gasteiger partial charge in [0, 0.05) is 24.9 Å². The molecular weight excluding hydrogens is 306 g/mol. The molecule has 3 aromatic rings. The molecular formula is C18H17N3O3. The average Bonchev–Trinajstić information content (AvgIpc) is 2.63. The van der Waals surface area contributed by atoms with Crippen molar-refractivity contribution in [2.45, 2.75) is 6.61 Å². The summed E-state index contributed by atoms with van der Waals surface area (Å²) in [5, 5.41) is 4.31. The number of pyridine rings is 1. The van der Waals surface area contributed by atoms with Crippen LogP contribution in [0.1, 0.15) is 5.69 Å².